The maximum atomic E-state index is 12.8. The second-order valence-corrected chi connectivity index (χ2v) is 15.1. The number of nitrogens with two attached hydrogens (primary N) is 5. The topological polar surface area (TPSA) is 380 Å². The summed E-state index contributed by atoms with van der Waals surface area (Å²) in [6, 6.07) is -4.09. The molecule has 55 heavy (non-hydrogen) atoms. The Morgan fingerprint density at radius 3 is 2.22 bits per heavy atom. The van der Waals surface area contributed by atoms with Crippen LogP contribution in [0.3, 0.4) is 0 Å². The number of nitrogens with one attached hydrogen (secondary N) is 3. The molecule has 318 valence electrons. The van der Waals surface area contributed by atoms with Crippen LogP contribution in [0, 0.1) is 0 Å². The van der Waals surface area contributed by atoms with E-state index in [1.54, 1.807) is 12.2 Å². The molecule has 0 aromatic rings. The first-order valence-electron chi connectivity index (χ1n) is 18.9. The summed E-state index contributed by atoms with van der Waals surface area (Å²) in [5, 5.41) is 84.2. The van der Waals surface area contributed by atoms with E-state index in [0.717, 1.165) is 0 Å². The van der Waals surface area contributed by atoms with Crippen molar-refractivity contribution in [2.75, 3.05) is 45.9 Å². The van der Waals surface area contributed by atoms with Crippen molar-refractivity contribution < 1.29 is 69.0 Å². The largest absolute Gasteiger partial charge is 0.394 e. The van der Waals surface area contributed by atoms with Gasteiger partial charge in [-0.15, -0.1) is 0 Å². The second-order valence-electron chi connectivity index (χ2n) is 15.1. The summed E-state index contributed by atoms with van der Waals surface area (Å²) >= 11 is 0. The Bertz CT molecular complexity index is 1240. The summed E-state index contributed by atoms with van der Waals surface area (Å²) in [4.78, 5) is 12.8. The van der Waals surface area contributed by atoms with Gasteiger partial charge < -0.3 is 109 Å². The Balaban J connectivity index is 1.31. The molecule has 1 aliphatic carbocycles. The van der Waals surface area contributed by atoms with E-state index in [9.17, 15) is 40.5 Å². The number of hydrogen-bond donors (Lipinski definition) is 15. The van der Waals surface area contributed by atoms with E-state index in [0.29, 0.717) is 39.0 Å². The number of amides is 1. The van der Waals surface area contributed by atoms with Crippen molar-refractivity contribution in [3.63, 3.8) is 0 Å². The van der Waals surface area contributed by atoms with Crippen molar-refractivity contribution in [3.05, 3.63) is 12.2 Å². The molecule has 0 spiro atoms. The summed E-state index contributed by atoms with van der Waals surface area (Å²) in [6.07, 6.45) is -13.9. The van der Waals surface area contributed by atoms with Crippen LogP contribution in [-0.4, -0.2) is 203 Å². The van der Waals surface area contributed by atoms with Gasteiger partial charge in [-0.25, -0.2) is 0 Å². The zero-order chi connectivity index (χ0) is 40.0. The number of ether oxygens (including phenoxy) is 6. The van der Waals surface area contributed by atoms with Crippen LogP contribution < -0.4 is 44.6 Å². The average Bonchev–Trinajstić information content (AvgIpc) is 3.46. The Hall–Kier alpha value is -1.59. The van der Waals surface area contributed by atoms with Crippen LogP contribution in [0.15, 0.2) is 12.2 Å². The van der Waals surface area contributed by atoms with Crippen LogP contribution in [-0.2, 0) is 33.2 Å². The monoisotopic (exact) mass is 794 g/mol. The quantitative estimate of drug-likeness (QED) is 0.0645. The van der Waals surface area contributed by atoms with E-state index < -0.39 is 128 Å². The Labute approximate surface area is 318 Å². The third-order valence-corrected chi connectivity index (χ3v) is 10.9. The number of piperidine rings is 1. The van der Waals surface area contributed by atoms with Crippen molar-refractivity contribution in [2.24, 2.45) is 28.7 Å². The van der Waals surface area contributed by atoms with Gasteiger partial charge >= 0.3 is 0 Å². The lowest BCUT2D eigenvalue weighted by molar-refractivity contribution is -0.284. The molecule has 22 heteroatoms. The number of rotatable bonds is 16. The van der Waals surface area contributed by atoms with Crippen molar-refractivity contribution in [1.82, 2.24) is 16.0 Å². The van der Waals surface area contributed by atoms with Gasteiger partial charge in [-0.1, -0.05) is 12.2 Å². The Morgan fingerprint density at radius 2 is 1.55 bits per heavy atom. The number of carbonyl (C=O) groups is 1. The standard InChI is InChI=1S/C33H62N8O14/c34-6-3-18(43)29(48)41-17-9-16(37)26(53-30-15(36)2-1-14(50-30)11-40-13-33(49)4-7-39-8-5-33)28(22(17)44)55-32-25(47)27(20(12-42)52-32)54-31-21(38)24(46)23(45)19(10-35)51-31/h1-2,14-28,30-32,39-40,42-47,49H,3-13,34-38H2,(H,41,48)/t14-,15+,16-,17+,18?,19-,20+,21+,22-,23+,24+,25+,26+,27+,28+,30+,31+,32-/m0/s1. The normalized spacial score (nSPS) is 44.0. The molecule has 1 amide bonds. The molecule has 0 bridgehead atoms. The van der Waals surface area contributed by atoms with Gasteiger partial charge in [0.05, 0.1) is 36.4 Å². The molecule has 5 aliphatic rings. The zero-order valence-electron chi connectivity index (χ0n) is 30.7. The molecule has 4 heterocycles. The van der Waals surface area contributed by atoms with E-state index in [2.05, 4.69) is 16.0 Å². The fourth-order valence-electron chi connectivity index (χ4n) is 7.56. The molecule has 18 atom stereocenters. The molecule has 20 N–H and O–H groups in total. The summed E-state index contributed by atoms with van der Waals surface area (Å²) in [5.74, 6) is -0.801. The molecule has 22 nitrogen and oxygen atoms in total. The minimum absolute atomic E-state index is 0.0311. The van der Waals surface area contributed by atoms with Crippen molar-refractivity contribution >= 4 is 5.91 Å². The summed E-state index contributed by atoms with van der Waals surface area (Å²) < 4.78 is 36.1. The lowest BCUT2D eigenvalue weighted by Crippen LogP contribution is -2.67. The fraction of sp³-hybridized carbons (Fsp3) is 0.909. The first-order valence-corrected chi connectivity index (χ1v) is 18.9. The highest BCUT2D eigenvalue weighted by Gasteiger charge is 2.54. The molecule has 3 saturated heterocycles. The molecular weight excluding hydrogens is 732 g/mol. The molecule has 0 aromatic carbocycles. The molecule has 1 saturated carbocycles. The van der Waals surface area contributed by atoms with Gasteiger partial charge in [-0.05, 0) is 45.3 Å². The molecular formula is C33H62N8O14. The van der Waals surface area contributed by atoms with Crippen LogP contribution in [0.4, 0.5) is 0 Å². The number of hydrogen-bond acceptors (Lipinski definition) is 21. The number of aliphatic hydroxyl groups excluding tert-OH is 6. The average molecular weight is 795 g/mol. The van der Waals surface area contributed by atoms with Crippen LogP contribution in [0.25, 0.3) is 0 Å². The first kappa shape index (κ1) is 44.5. The first-order chi connectivity index (χ1) is 26.2. The van der Waals surface area contributed by atoms with Crippen LogP contribution in [0.5, 0.6) is 0 Å². The molecule has 0 aromatic heterocycles. The highest BCUT2D eigenvalue weighted by molar-refractivity contribution is 5.80. The minimum Gasteiger partial charge on any atom is -0.394 e. The van der Waals surface area contributed by atoms with E-state index in [-0.39, 0.29) is 25.9 Å². The highest BCUT2D eigenvalue weighted by atomic mass is 16.8. The predicted octanol–water partition coefficient (Wildman–Crippen LogP) is -8.45. The van der Waals surface area contributed by atoms with E-state index >= 15 is 0 Å². The van der Waals surface area contributed by atoms with Crippen molar-refractivity contribution in [3.8, 4) is 0 Å². The van der Waals surface area contributed by atoms with Gasteiger partial charge in [0.25, 0.3) is 0 Å². The third-order valence-electron chi connectivity index (χ3n) is 10.9. The maximum absolute atomic E-state index is 12.8. The smallest absolute Gasteiger partial charge is 0.249 e. The van der Waals surface area contributed by atoms with Gasteiger partial charge in [-0.2, -0.15) is 0 Å². The number of carbonyl (C=O) groups excluding carboxylic acids is 1. The summed E-state index contributed by atoms with van der Waals surface area (Å²) in [7, 11) is 0. The molecule has 1 unspecified atom stereocenters. The highest BCUT2D eigenvalue weighted by Crippen LogP contribution is 2.34. The van der Waals surface area contributed by atoms with Gasteiger partial charge in [0.1, 0.15) is 61.0 Å². The Kier molecular flexibility index (Phi) is 16.1. The summed E-state index contributed by atoms with van der Waals surface area (Å²) in [6.45, 7) is 1.25. The maximum Gasteiger partial charge on any atom is 0.249 e. The van der Waals surface area contributed by atoms with Gasteiger partial charge in [-0.3, -0.25) is 4.79 Å². The fourth-order valence-corrected chi connectivity index (χ4v) is 7.56. The van der Waals surface area contributed by atoms with Gasteiger partial charge in [0, 0.05) is 25.7 Å². The number of aliphatic hydroxyl groups is 7. The Morgan fingerprint density at radius 1 is 0.873 bits per heavy atom. The minimum atomic E-state index is -1.67. The molecule has 4 aliphatic heterocycles. The second kappa shape index (κ2) is 19.9. The molecule has 5 rings (SSSR count). The van der Waals surface area contributed by atoms with Gasteiger partial charge in [0.2, 0.25) is 5.91 Å². The SMILES string of the molecule is NCCC(O)C(=O)N[C@@H]1C[C@H](N)[C@@H](O[C@H]2O[C@H](CNCC3(O)CCNCC3)C=C[C@H]2N)[C@H](O[C@@H]2O[C@H](CO)[C@@H](O[C@H]3O[C@@H](CN)[C@@H](O)[C@H](O)[C@H]3N)[C@H]2O)[C@H]1O. The summed E-state index contributed by atoms with van der Waals surface area (Å²) in [5.41, 5.74) is 29.4. The van der Waals surface area contributed by atoms with Crippen LogP contribution >= 0.6 is 0 Å². The van der Waals surface area contributed by atoms with E-state index in [1.807, 2.05) is 0 Å². The third kappa shape index (κ3) is 10.7. The van der Waals surface area contributed by atoms with Crippen molar-refractivity contribution in [2.45, 2.75) is 141 Å². The molecule has 4 fully saturated rings. The van der Waals surface area contributed by atoms with Gasteiger partial charge in [0.15, 0.2) is 18.9 Å². The zero-order valence-corrected chi connectivity index (χ0v) is 30.7. The van der Waals surface area contributed by atoms with Crippen LogP contribution in [0.2, 0.25) is 0 Å². The van der Waals surface area contributed by atoms with Crippen molar-refractivity contribution in [1.29, 1.82) is 0 Å². The predicted molar refractivity (Wildman–Crippen MR) is 190 cm³/mol. The van der Waals surface area contributed by atoms with Crippen LogP contribution in [0.1, 0.15) is 25.7 Å². The van der Waals surface area contributed by atoms with E-state index in [1.165, 1.54) is 0 Å². The lowest BCUT2D eigenvalue weighted by atomic mass is 9.83. The van der Waals surface area contributed by atoms with E-state index in [4.69, 9.17) is 57.1 Å². The lowest BCUT2D eigenvalue weighted by Gasteiger charge is -2.46. The molecule has 0 radical (unpaired) electrons.